The Hall–Kier alpha value is -1.50. The summed E-state index contributed by atoms with van der Waals surface area (Å²) in [6, 6.07) is 5.26. The molecule has 0 aromatic heterocycles. The van der Waals surface area contributed by atoms with Crippen LogP contribution in [0.25, 0.3) is 6.08 Å². The molecule has 1 aromatic carbocycles. The highest BCUT2D eigenvalue weighted by Crippen LogP contribution is 2.39. The molecular formula is C17H24BClN2O3. The van der Waals surface area contributed by atoms with E-state index in [1.54, 1.807) is 18.2 Å². The zero-order valence-electron chi connectivity index (χ0n) is 14.8. The predicted molar refractivity (Wildman–Crippen MR) is 98.6 cm³/mol. The predicted octanol–water partition coefficient (Wildman–Crippen LogP) is 3.07. The highest BCUT2D eigenvalue weighted by Gasteiger charge is 2.52. The van der Waals surface area contributed by atoms with E-state index in [1.165, 1.54) is 6.92 Å². The second-order valence-electron chi connectivity index (χ2n) is 7.00. The minimum absolute atomic E-state index is 0.129. The van der Waals surface area contributed by atoms with Crippen LogP contribution in [0.2, 0.25) is 5.02 Å². The lowest BCUT2D eigenvalue weighted by atomic mass is 9.77. The maximum Gasteiger partial charge on any atom is 0.492 e. The Morgan fingerprint density at radius 2 is 1.88 bits per heavy atom. The Morgan fingerprint density at radius 1 is 1.29 bits per heavy atom. The summed E-state index contributed by atoms with van der Waals surface area (Å²) < 4.78 is 12.2. The Bertz CT molecular complexity index is 658. The van der Waals surface area contributed by atoms with Crippen LogP contribution in [0.1, 0.15) is 40.2 Å². The smallest absolute Gasteiger partial charge is 0.400 e. The molecule has 7 heteroatoms. The largest absolute Gasteiger partial charge is 0.492 e. The van der Waals surface area contributed by atoms with Crippen molar-refractivity contribution in [3.05, 3.63) is 34.3 Å². The van der Waals surface area contributed by atoms with Crippen LogP contribution in [0, 0.1) is 0 Å². The summed E-state index contributed by atoms with van der Waals surface area (Å²) in [6.07, 6.45) is 1.86. The molecule has 1 aliphatic rings. The molecule has 5 nitrogen and oxygen atoms in total. The van der Waals surface area contributed by atoms with E-state index < -0.39 is 18.3 Å². The Labute approximate surface area is 148 Å². The lowest BCUT2D eigenvalue weighted by molar-refractivity contribution is -0.118. The lowest BCUT2D eigenvalue weighted by Gasteiger charge is -2.32. The summed E-state index contributed by atoms with van der Waals surface area (Å²) in [5.41, 5.74) is 7.05. The van der Waals surface area contributed by atoms with Gasteiger partial charge in [0, 0.05) is 24.2 Å². The monoisotopic (exact) mass is 350 g/mol. The third kappa shape index (κ3) is 4.12. The normalized spacial score (nSPS) is 19.4. The highest BCUT2D eigenvalue weighted by molar-refractivity contribution is 6.56. The number of halogens is 1. The molecule has 0 unspecified atom stereocenters. The molecule has 0 radical (unpaired) electrons. The molecule has 24 heavy (non-hydrogen) atoms. The summed E-state index contributed by atoms with van der Waals surface area (Å²) in [5, 5.41) is 3.36. The van der Waals surface area contributed by atoms with Crippen LogP contribution in [-0.4, -0.2) is 30.8 Å². The van der Waals surface area contributed by atoms with Gasteiger partial charge in [0.15, 0.2) is 0 Å². The summed E-state index contributed by atoms with van der Waals surface area (Å²) >= 11 is 6.25. The zero-order chi connectivity index (χ0) is 18.1. The molecule has 2 rings (SSSR count). The van der Waals surface area contributed by atoms with E-state index >= 15 is 0 Å². The fourth-order valence-electron chi connectivity index (χ4n) is 2.30. The van der Waals surface area contributed by atoms with Gasteiger partial charge in [0.05, 0.1) is 11.2 Å². The first-order valence-electron chi connectivity index (χ1n) is 7.87. The number of nitrogens with one attached hydrogen (secondary N) is 1. The second kappa shape index (κ2) is 6.79. The molecule has 3 N–H and O–H groups in total. The van der Waals surface area contributed by atoms with E-state index in [2.05, 4.69) is 5.32 Å². The van der Waals surface area contributed by atoms with Crippen molar-refractivity contribution in [2.24, 2.45) is 0 Å². The van der Waals surface area contributed by atoms with Gasteiger partial charge in [-0.25, -0.2) is 0 Å². The SMILES string of the molecule is CC(=O)NCC(=Cc1cc(N)ccc1Cl)B1OC(C)(C)C(C)(C)O1. The summed E-state index contributed by atoms with van der Waals surface area (Å²) in [6.45, 7) is 9.70. The van der Waals surface area contributed by atoms with E-state index in [9.17, 15) is 4.79 Å². The first-order valence-corrected chi connectivity index (χ1v) is 8.25. The summed E-state index contributed by atoms with van der Waals surface area (Å²) in [5.74, 6) is -0.129. The number of carbonyl (C=O) groups is 1. The average Bonchev–Trinajstić information content (AvgIpc) is 2.66. The summed E-state index contributed by atoms with van der Waals surface area (Å²) in [7, 11) is -0.570. The molecule has 130 valence electrons. The van der Waals surface area contributed by atoms with E-state index in [1.807, 2.05) is 33.8 Å². The van der Waals surface area contributed by atoms with Crippen molar-refractivity contribution in [2.75, 3.05) is 12.3 Å². The van der Waals surface area contributed by atoms with Crippen LogP contribution < -0.4 is 11.1 Å². The van der Waals surface area contributed by atoms with Crippen LogP contribution in [-0.2, 0) is 14.1 Å². The molecule has 1 amide bonds. The molecular weight excluding hydrogens is 326 g/mol. The van der Waals surface area contributed by atoms with Gasteiger partial charge in [0.1, 0.15) is 0 Å². The van der Waals surface area contributed by atoms with Crippen molar-refractivity contribution in [2.45, 2.75) is 45.8 Å². The fraction of sp³-hybridized carbons (Fsp3) is 0.471. The molecule has 0 saturated carbocycles. The fourth-order valence-corrected chi connectivity index (χ4v) is 2.47. The van der Waals surface area contributed by atoms with Crippen LogP contribution in [0.5, 0.6) is 0 Å². The number of amides is 1. The molecule has 0 atom stereocenters. The first kappa shape index (κ1) is 18.8. The highest BCUT2D eigenvalue weighted by atomic mass is 35.5. The molecule has 0 spiro atoms. The molecule has 1 fully saturated rings. The van der Waals surface area contributed by atoms with E-state index in [0.29, 0.717) is 17.3 Å². The number of nitrogen functional groups attached to an aromatic ring is 1. The van der Waals surface area contributed by atoms with Crippen molar-refractivity contribution in [1.82, 2.24) is 5.32 Å². The first-order chi connectivity index (χ1) is 11.0. The van der Waals surface area contributed by atoms with E-state index in [-0.39, 0.29) is 5.91 Å². The van der Waals surface area contributed by atoms with Crippen molar-refractivity contribution >= 4 is 36.4 Å². The average molecular weight is 351 g/mol. The minimum atomic E-state index is -0.570. The van der Waals surface area contributed by atoms with Crippen LogP contribution in [0.3, 0.4) is 0 Å². The third-order valence-electron chi connectivity index (χ3n) is 4.46. The molecule has 1 aliphatic heterocycles. The maximum atomic E-state index is 11.3. The number of carbonyl (C=O) groups excluding carboxylic acids is 1. The van der Waals surface area contributed by atoms with Crippen molar-refractivity contribution in [3.63, 3.8) is 0 Å². The van der Waals surface area contributed by atoms with Gasteiger partial charge >= 0.3 is 7.12 Å². The molecule has 1 saturated heterocycles. The van der Waals surface area contributed by atoms with Crippen LogP contribution >= 0.6 is 11.6 Å². The second-order valence-corrected chi connectivity index (χ2v) is 7.41. The van der Waals surface area contributed by atoms with Gasteiger partial charge in [0.2, 0.25) is 5.91 Å². The Kier molecular flexibility index (Phi) is 5.33. The van der Waals surface area contributed by atoms with E-state index in [4.69, 9.17) is 26.6 Å². The Balaban J connectivity index is 2.37. The number of anilines is 1. The van der Waals surface area contributed by atoms with Crippen LogP contribution in [0.4, 0.5) is 5.69 Å². The van der Waals surface area contributed by atoms with E-state index in [0.717, 1.165) is 11.0 Å². The maximum absolute atomic E-state index is 11.3. The number of benzene rings is 1. The van der Waals surface area contributed by atoms with Gasteiger partial charge in [-0.1, -0.05) is 17.7 Å². The quantitative estimate of drug-likeness (QED) is 0.646. The standard InChI is InChI=1S/C17H24BClN2O3/c1-11(22)21-10-13(8-12-9-14(20)6-7-15(12)19)18-23-16(2,3)17(4,5)24-18/h6-9H,10,20H2,1-5H3,(H,21,22). The minimum Gasteiger partial charge on any atom is -0.400 e. The topological polar surface area (TPSA) is 73.6 Å². The van der Waals surface area contributed by atoms with Gasteiger partial charge in [-0.15, -0.1) is 0 Å². The van der Waals surface area contributed by atoms with Crippen molar-refractivity contribution in [3.8, 4) is 0 Å². The van der Waals surface area contributed by atoms with Crippen LogP contribution in [0.15, 0.2) is 23.7 Å². The molecule has 0 bridgehead atoms. The van der Waals surface area contributed by atoms with Gasteiger partial charge in [-0.3, -0.25) is 4.79 Å². The van der Waals surface area contributed by atoms with Gasteiger partial charge in [-0.2, -0.15) is 0 Å². The lowest BCUT2D eigenvalue weighted by Crippen LogP contribution is -2.41. The number of nitrogens with two attached hydrogens (primary N) is 1. The third-order valence-corrected chi connectivity index (χ3v) is 4.80. The van der Waals surface area contributed by atoms with Gasteiger partial charge in [-0.05, 0) is 56.9 Å². The number of hydrogen-bond donors (Lipinski definition) is 2. The molecule has 1 heterocycles. The molecule has 0 aliphatic carbocycles. The Morgan fingerprint density at radius 3 is 2.42 bits per heavy atom. The number of hydrogen-bond acceptors (Lipinski definition) is 4. The van der Waals surface area contributed by atoms with Crippen molar-refractivity contribution < 1.29 is 14.1 Å². The summed E-state index contributed by atoms with van der Waals surface area (Å²) in [4.78, 5) is 11.3. The van der Waals surface area contributed by atoms with Gasteiger partial charge in [0.25, 0.3) is 0 Å². The van der Waals surface area contributed by atoms with Crippen molar-refractivity contribution in [1.29, 1.82) is 0 Å². The molecule has 1 aromatic rings. The van der Waals surface area contributed by atoms with Gasteiger partial charge < -0.3 is 20.4 Å². The number of rotatable bonds is 4. The zero-order valence-corrected chi connectivity index (χ0v) is 15.5.